The molecular weight excluding hydrogens is 312 g/mol. The van der Waals surface area contributed by atoms with E-state index in [0.717, 1.165) is 30.4 Å². The number of likely N-dealkylation sites (tertiary alicyclic amines) is 1. The molecule has 2 heterocycles. The van der Waals surface area contributed by atoms with Gasteiger partial charge in [0.25, 0.3) is 0 Å². The Kier molecular flexibility index (Phi) is 3.99. The van der Waals surface area contributed by atoms with Crippen LogP contribution in [0, 0.1) is 13.8 Å². The lowest BCUT2D eigenvalue weighted by atomic mass is 9.99. The van der Waals surface area contributed by atoms with Crippen molar-refractivity contribution >= 4 is 16.9 Å². The average Bonchev–Trinajstić information content (AvgIpc) is 3.25. The first-order valence-electron chi connectivity index (χ1n) is 8.78. The summed E-state index contributed by atoms with van der Waals surface area (Å²) in [4.78, 5) is 14.9. The van der Waals surface area contributed by atoms with E-state index in [2.05, 4.69) is 42.4 Å². The van der Waals surface area contributed by atoms with Gasteiger partial charge in [-0.15, -0.1) is 5.10 Å². The summed E-state index contributed by atoms with van der Waals surface area (Å²) < 4.78 is 1.70. The fourth-order valence-corrected chi connectivity index (χ4v) is 3.64. The Morgan fingerprint density at radius 1 is 1.16 bits per heavy atom. The molecule has 1 amide bonds. The lowest BCUT2D eigenvalue weighted by Gasteiger charge is -2.25. The van der Waals surface area contributed by atoms with Gasteiger partial charge in [-0.2, -0.15) is 0 Å². The van der Waals surface area contributed by atoms with Crippen LogP contribution in [0.1, 0.15) is 35.6 Å². The maximum absolute atomic E-state index is 12.9. The number of amides is 1. The molecule has 1 saturated heterocycles. The fourth-order valence-electron chi connectivity index (χ4n) is 3.64. The highest BCUT2D eigenvalue weighted by atomic mass is 16.2. The van der Waals surface area contributed by atoms with Crippen molar-refractivity contribution in [2.24, 2.45) is 0 Å². The minimum Gasteiger partial charge on any atom is -0.334 e. The SMILES string of the molecule is Cc1ccc([C@H]2CCCN2C(=O)Cn2nnc3ccccc32)cc1C. The van der Waals surface area contributed by atoms with E-state index in [-0.39, 0.29) is 18.5 Å². The van der Waals surface area contributed by atoms with Crippen LogP contribution in [0.15, 0.2) is 42.5 Å². The number of rotatable bonds is 3. The third-order valence-corrected chi connectivity index (χ3v) is 5.19. The molecule has 0 radical (unpaired) electrons. The van der Waals surface area contributed by atoms with Gasteiger partial charge in [0.15, 0.2) is 0 Å². The van der Waals surface area contributed by atoms with Gasteiger partial charge in [-0.3, -0.25) is 4.79 Å². The van der Waals surface area contributed by atoms with Crippen molar-refractivity contribution in [3.8, 4) is 0 Å². The minimum absolute atomic E-state index is 0.108. The standard InChI is InChI=1S/C20H22N4O/c1-14-9-10-16(12-15(14)2)18-8-5-11-23(18)20(25)13-24-19-7-4-3-6-17(19)21-22-24/h3-4,6-7,9-10,12,18H,5,8,11,13H2,1-2H3/t18-/m1/s1. The average molecular weight is 334 g/mol. The molecule has 0 saturated carbocycles. The second-order valence-corrected chi connectivity index (χ2v) is 6.82. The molecule has 128 valence electrons. The van der Waals surface area contributed by atoms with E-state index in [1.54, 1.807) is 4.68 Å². The smallest absolute Gasteiger partial charge is 0.244 e. The van der Waals surface area contributed by atoms with E-state index < -0.39 is 0 Å². The van der Waals surface area contributed by atoms with E-state index >= 15 is 0 Å². The van der Waals surface area contributed by atoms with Crippen molar-refractivity contribution in [2.75, 3.05) is 6.54 Å². The third kappa shape index (κ3) is 2.90. The molecule has 0 N–H and O–H groups in total. The summed E-state index contributed by atoms with van der Waals surface area (Å²) in [7, 11) is 0. The molecule has 5 heteroatoms. The maximum atomic E-state index is 12.9. The number of benzene rings is 2. The van der Waals surface area contributed by atoms with E-state index in [4.69, 9.17) is 0 Å². The van der Waals surface area contributed by atoms with Crippen molar-refractivity contribution in [1.29, 1.82) is 0 Å². The van der Waals surface area contributed by atoms with Gasteiger partial charge in [-0.05, 0) is 55.5 Å². The molecule has 0 bridgehead atoms. The van der Waals surface area contributed by atoms with E-state index in [1.807, 2.05) is 29.2 Å². The van der Waals surface area contributed by atoms with Crippen LogP contribution in [0.5, 0.6) is 0 Å². The number of hydrogen-bond acceptors (Lipinski definition) is 3. The predicted octanol–water partition coefficient (Wildman–Crippen LogP) is 3.41. The molecule has 1 fully saturated rings. The summed E-state index contributed by atoms with van der Waals surface area (Å²) in [6.07, 6.45) is 2.06. The number of hydrogen-bond donors (Lipinski definition) is 0. The van der Waals surface area contributed by atoms with Crippen molar-refractivity contribution < 1.29 is 4.79 Å². The van der Waals surface area contributed by atoms with Crippen LogP contribution in [0.25, 0.3) is 11.0 Å². The molecule has 0 unspecified atom stereocenters. The maximum Gasteiger partial charge on any atom is 0.244 e. The zero-order valence-electron chi connectivity index (χ0n) is 14.6. The summed E-state index contributed by atoms with van der Waals surface area (Å²) in [5.74, 6) is 0.108. The Morgan fingerprint density at radius 2 is 2.00 bits per heavy atom. The predicted molar refractivity (Wildman–Crippen MR) is 97.1 cm³/mol. The lowest BCUT2D eigenvalue weighted by molar-refractivity contribution is -0.132. The summed E-state index contributed by atoms with van der Waals surface area (Å²) in [5.41, 5.74) is 5.52. The number of para-hydroxylation sites is 1. The van der Waals surface area contributed by atoms with Crippen molar-refractivity contribution in [3.63, 3.8) is 0 Å². The summed E-state index contributed by atoms with van der Waals surface area (Å²) >= 11 is 0. The first kappa shape index (κ1) is 15.8. The first-order valence-corrected chi connectivity index (χ1v) is 8.78. The van der Waals surface area contributed by atoms with Gasteiger partial charge < -0.3 is 4.90 Å². The van der Waals surface area contributed by atoms with Crippen LogP contribution >= 0.6 is 0 Å². The van der Waals surface area contributed by atoms with Crippen molar-refractivity contribution in [3.05, 3.63) is 59.2 Å². The molecule has 1 aliphatic rings. The minimum atomic E-state index is 0.108. The van der Waals surface area contributed by atoms with Crippen molar-refractivity contribution in [1.82, 2.24) is 19.9 Å². The Balaban J connectivity index is 1.57. The molecule has 0 aliphatic carbocycles. The fraction of sp³-hybridized carbons (Fsp3) is 0.350. The zero-order chi connectivity index (χ0) is 17.4. The van der Waals surface area contributed by atoms with Gasteiger partial charge in [0.05, 0.1) is 11.6 Å². The quantitative estimate of drug-likeness (QED) is 0.737. The zero-order valence-corrected chi connectivity index (χ0v) is 14.6. The molecule has 25 heavy (non-hydrogen) atoms. The van der Waals surface area contributed by atoms with Crippen LogP contribution in [-0.4, -0.2) is 32.3 Å². The molecule has 0 spiro atoms. The number of nitrogens with zero attached hydrogens (tertiary/aromatic N) is 4. The van der Waals surface area contributed by atoms with Gasteiger partial charge in [-0.1, -0.05) is 35.5 Å². The molecule has 4 rings (SSSR count). The number of carbonyl (C=O) groups is 1. The molecule has 1 aromatic heterocycles. The summed E-state index contributed by atoms with van der Waals surface area (Å²) in [6.45, 7) is 5.29. The second-order valence-electron chi connectivity index (χ2n) is 6.82. The molecule has 3 aromatic rings. The Labute approximate surface area is 147 Å². The van der Waals surface area contributed by atoms with Crippen molar-refractivity contribution in [2.45, 2.75) is 39.3 Å². The highest BCUT2D eigenvalue weighted by Crippen LogP contribution is 2.33. The number of fused-ring (bicyclic) bond motifs is 1. The Hall–Kier alpha value is -2.69. The largest absolute Gasteiger partial charge is 0.334 e. The Morgan fingerprint density at radius 3 is 2.84 bits per heavy atom. The third-order valence-electron chi connectivity index (χ3n) is 5.19. The normalized spacial score (nSPS) is 17.4. The van der Waals surface area contributed by atoms with Crippen LogP contribution < -0.4 is 0 Å². The first-order chi connectivity index (χ1) is 12.1. The van der Waals surface area contributed by atoms with Crippen LogP contribution in [0.4, 0.5) is 0 Å². The monoisotopic (exact) mass is 334 g/mol. The molecule has 5 nitrogen and oxygen atoms in total. The number of aromatic nitrogens is 3. The van der Waals surface area contributed by atoms with Gasteiger partial charge in [0, 0.05) is 6.54 Å². The van der Waals surface area contributed by atoms with Crippen LogP contribution in [0.3, 0.4) is 0 Å². The Bertz CT molecular complexity index is 930. The van der Waals surface area contributed by atoms with E-state index in [9.17, 15) is 4.79 Å². The van der Waals surface area contributed by atoms with Crippen LogP contribution in [0.2, 0.25) is 0 Å². The topological polar surface area (TPSA) is 51.0 Å². The van der Waals surface area contributed by atoms with Crippen LogP contribution in [-0.2, 0) is 11.3 Å². The lowest BCUT2D eigenvalue weighted by Crippen LogP contribution is -2.33. The van der Waals surface area contributed by atoms with Gasteiger partial charge in [0.1, 0.15) is 12.1 Å². The second kappa shape index (κ2) is 6.31. The van der Waals surface area contributed by atoms with E-state index in [1.165, 1.54) is 16.7 Å². The summed E-state index contributed by atoms with van der Waals surface area (Å²) in [5, 5.41) is 8.29. The molecule has 2 aromatic carbocycles. The number of aryl methyl sites for hydroxylation is 2. The highest BCUT2D eigenvalue weighted by Gasteiger charge is 2.30. The molecular formula is C20H22N4O. The van der Waals surface area contributed by atoms with Gasteiger partial charge in [-0.25, -0.2) is 4.68 Å². The molecule has 1 aliphatic heterocycles. The molecule has 1 atom stereocenters. The highest BCUT2D eigenvalue weighted by molar-refractivity contribution is 5.80. The van der Waals surface area contributed by atoms with Gasteiger partial charge >= 0.3 is 0 Å². The van der Waals surface area contributed by atoms with Gasteiger partial charge in [0.2, 0.25) is 5.91 Å². The number of carbonyl (C=O) groups excluding carboxylic acids is 1. The summed E-state index contributed by atoms with van der Waals surface area (Å²) in [6, 6.07) is 14.4. The van der Waals surface area contributed by atoms with E-state index in [0.29, 0.717) is 0 Å².